The number of hydrogen-bond donors (Lipinski definition) is 1. The highest BCUT2D eigenvalue weighted by molar-refractivity contribution is 7.16. The monoisotopic (exact) mass is 296 g/mol. The predicted molar refractivity (Wildman–Crippen MR) is 78.4 cm³/mol. The summed E-state index contributed by atoms with van der Waals surface area (Å²) in [5.74, 6) is 0.994. The van der Waals surface area contributed by atoms with Gasteiger partial charge in [-0.2, -0.15) is 0 Å². The molecule has 0 bridgehead atoms. The van der Waals surface area contributed by atoms with Gasteiger partial charge in [0, 0.05) is 17.5 Å². The maximum atomic E-state index is 6.04. The number of thiophene rings is 1. The summed E-state index contributed by atoms with van der Waals surface area (Å²) in [5, 5.41) is 0. The molecule has 5 heteroatoms. The number of halogens is 1. The molecule has 1 saturated carbocycles. The van der Waals surface area contributed by atoms with Crippen LogP contribution < -0.4 is 5.73 Å². The minimum atomic E-state index is 0.232. The van der Waals surface area contributed by atoms with Crippen LogP contribution in [0.25, 0.3) is 0 Å². The first-order chi connectivity index (χ1) is 9.28. The van der Waals surface area contributed by atoms with Crippen molar-refractivity contribution < 1.29 is 4.42 Å². The van der Waals surface area contributed by atoms with Gasteiger partial charge in [0.1, 0.15) is 5.76 Å². The Hall–Kier alpha value is -0.810. The number of nitrogens with two attached hydrogens (primary N) is 1. The van der Waals surface area contributed by atoms with E-state index in [1.54, 1.807) is 17.6 Å². The molecule has 1 atom stereocenters. The topological polar surface area (TPSA) is 42.4 Å². The Balaban J connectivity index is 1.81. The molecule has 1 aliphatic rings. The summed E-state index contributed by atoms with van der Waals surface area (Å²) < 4.78 is 6.29. The van der Waals surface area contributed by atoms with Crippen molar-refractivity contribution in [3.63, 3.8) is 0 Å². The van der Waals surface area contributed by atoms with Crippen LogP contribution in [0.4, 0.5) is 0 Å². The molecule has 2 heterocycles. The van der Waals surface area contributed by atoms with Crippen LogP contribution in [0.15, 0.2) is 34.9 Å². The highest BCUT2D eigenvalue weighted by Gasteiger charge is 2.35. The van der Waals surface area contributed by atoms with E-state index < -0.39 is 0 Å². The minimum absolute atomic E-state index is 0.232. The first-order valence-electron chi connectivity index (χ1n) is 6.51. The highest BCUT2D eigenvalue weighted by atomic mass is 35.5. The van der Waals surface area contributed by atoms with Crippen LogP contribution in [-0.2, 0) is 6.54 Å². The zero-order valence-electron chi connectivity index (χ0n) is 10.6. The second kappa shape index (κ2) is 5.67. The van der Waals surface area contributed by atoms with Gasteiger partial charge in [0.05, 0.1) is 23.2 Å². The van der Waals surface area contributed by atoms with Crippen LogP contribution in [0.5, 0.6) is 0 Å². The second-order valence-electron chi connectivity index (χ2n) is 4.88. The zero-order chi connectivity index (χ0) is 13.2. The van der Waals surface area contributed by atoms with Crippen molar-refractivity contribution in [1.29, 1.82) is 0 Å². The predicted octanol–water partition coefficient (Wildman–Crippen LogP) is 3.66. The Labute approximate surface area is 122 Å². The van der Waals surface area contributed by atoms with E-state index >= 15 is 0 Å². The lowest BCUT2D eigenvalue weighted by atomic mass is 10.2. The smallest absolute Gasteiger partial charge is 0.117 e. The average Bonchev–Trinajstić information content (AvgIpc) is 2.95. The quantitative estimate of drug-likeness (QED) is 0.884. The molecule has 0 radical (unpaired) electrons. The first kappa shape index (κ1) is 13.2. The maximum absolute atomic E-state index is 6.04. The van der Waals surface area contributed by atoms with Crippen LogP contribution in [0.1, 0.15) is 29.5 Å². The summed E-state index contributed by atoms with van der Waals surface area (Å²) in [4.78, 5) is 3.69. The molecule has 2 aromatic rings. The molecule has 0 amide bonds. The SMILES string of the molecule is NCC(c1ccc(Cl)s1)N(Cc1ccco1)C1CC1. The number of hydrogen-bond acceptors (Lipinski definition) is 4. The molecule has 0 aromatic carbocycles. The maximum Gasteiger partial charge on any atom is 0.117 e. The van der Waals surface area contributed by atoms with Crippen molar-refractivity contribution in [1.82, 2.24) is 4.90 Å². The molecule has 3 rings (SSSR count). The summed E-state index contributed by atoms with van der Waals surface area (Å²) >= 11 is 7.66. The third kappa shape index (κ3) is 3.03. The normalized spacial score (nSPS) is 17.0. The lowest BCUT2D eigenvalue weighted by molar-refractivity contribution is 0.170. The third-order valence-electron chi connectivity index (χ3n) is 3.48. The van der Waals surface area contributed by atoms with Gasteiger partial charge in [-0.3, -0.25) is 4.90 Å². The Morgan fingerprint density at radius 2 is 2.26 bits per heavy atom. The molecule has 19 heavy (non-hydrogen) atoms. The van der Waals surface area contributed by atoms with Gasteiger partial charge in [0.2, 0.25) is 0 Å². The lowest BCUT2D eigenvalue weighted by Gasteiger charge is -2.29. The minimum Gasteiger partial charge on any atom is -0.468 e. The van der Waals surface area contributed by atoms with E-state index in [2.05, 4.69) is 11.0 Å². The summed E-state index contributed by atoms with van der Waals surface area (Å²) in [6.07, 6.45) is 4.21. The summed E-state index contributed by atoms with van der Waals surface area (Å²) in [7, 11) is 0. The van der Waals surface area contributed by atoms with Gasteiger partial charge in [-0.25, -0.2) is 0 Å². The molecule has 3 nitrogen and oxygen atoms in total. The van der Waals surface area contributed by atoms with Gasteiger partial charge < -0.3 is 10.2 Å². The molecule has 2 aromatic heterocycles. The summed E-state index contributed by atoms with van der Waals surface area (Å²) in [6, 6.07) is 8.84. The molecule has 1 fully saturated rings. The van der Waals surface area contributed by atoms with E-state index in [4.69, 9.17) is 21.8 Å². The summed E-state index contributed by atoms with van der Waals surface area (Å²) in [5.41, 5.74) is 6.00. The molecule has 0 aliphatic heterocycles. The Morgan fingerprint density at radius 1 is 1.42 bits per heavy atom. The van der Waals surface area contributed by atoms with E-state index in [0.29, 0.717) is 12.6 Å². The van der Waals surface area contributed by atoms with Crippen LogP contribution in [0, 0.1) is 0 Å². The van der Waals surface area contributed by atoms with Gasteiger partial charge in [0.15, 0.2) is 0 Å². The van der Waals surface area contributed by atoms with E-state index in [1.807, 2.05) is 18.2 Å². The van der Waals surface area contributed by atoms with Crippen molar-refractivity contribution in [3.8, 4) is 0 Å². The molecule has 1 aliphatic carbocycles. The zero-order valence-corrected chi connectivity index (χ0v) is 12.2. The number of rotatable bonds is 6. The van der Waals surface area contributed by atoms with Gasteiger partial charge in [-0.1, -0.05) is 11.6 Å². The van der Waals surface area contributed by atoms with Crippen LogP contribution in [-0.4, -0.2) is 17.5 Å². The van der Waals surface area contributed by atoms with Gasteiger partial charge in [0.25, 0.3) is 0 Å². The number of furan rings is 1. The first-order valence-corrected chi connectivity index (χ1v) is 7.71. The fourth-order valence-electron chi connectivity index (χ4n) is 2.40. The number of nitrogens with zero attached hydrogens (tertiary/aromatic N) is 1. The van der Waals surface area contributed by atoms with Gasteiger partial charge >= 0.3 is 0 Å². The van der Waals surface area contributed by atoms with Crippen molar-refractivity contribution in [2.24, 2.45) is 5.73 Å². The molecule has 102 valence electrons. The second-order valence-corrected chi connectivity index (χ2v) is 6.62. The van der Waals surface area contributed by atoms with Crippen molar-refractivity contribution in [2.45, 2.75) is 31.5 Å². The van der Waals surface area contributed by atoms with E-state index in [1.165, 1.54) is 17.7 Å². The van der Waals surface area contributed by atoms with E-state index in [0.717, 1.165) is 16.6 Å². The fraction of sp³-hybridized carbons (Fsp3) is 0.429. The summed E-state index contributed by atoms with van der Waals surface area (Å²) in [6.45, 7) is 1.42. The molecular formula is C14H17ClN2OS. The van der Waals surface area contributed by atoms with E-state index in [9.17, 15) is 0 Å². The highest BCUT2D eigenvalue weighted by Crippen LogP contribution is 2.38. The van der Waals surface area contributed by atoms with Gasteiger partial charge in [-0.05, 0) is 37.1 Å². The molecule has 0 spiro atoms. The van der Waals surface area contributed by atoms with Crippen molar-refractivity contribution >= 4 is 22.9 Å². The third-order valence-corrected chi connectivity index (χ3v) is 4.81. The molecule has 2 N–H and O–H groups in total. The standard InChI is InChI=1S/C14H17ClN2OS/c15-14-6-5-13(19-14)12(8-16)17(10-3-4-10)9-11-2-1-7-18-11/h1-2,5-7,10,12H,3-4,8-9,16H2. The van der Waals surface area contributed by atoms with Crippen LogP contribution in [0.2, 0.25) is 4.34 Å². The van der Waals surface area contributed by atoms with Crippen LogP contribution >= 0.6 is 22.9 Å². The molecular weight excluding hydrogens is 280 g/mol. The van der Waals surface area contributed by atoms with Crippen molar-refractivity contribution in [2.75, 3.05) is 6.54 Å². The fourth-order valence-corrected chi connectivity index (χ4v) is 3.60. The molecule has 0 saturated heterocycles. The lowest BCUT2D eigenvalue weighted by Crippen LogP contribution is -2.34. The van der Waals surface area contributed by atoms with E-state index in [-0.39, 0.29) is 6.04 Å². The van der Waals surface area contributed by atoms with Gasteiger partial charge in [-0.15, -0.1) is 11.3 Å². The molecule has 1 unspecified atom stereocenters. The largest absolute Gasteiger partial charge is 0.468 e. The Bertz CT molecular complexity index is 521. The average molecular weight is 297 g/mol. The van der Waals surface area contributed by atoms with Crippen molar-refractivity contribution in [3.05, 3.63) is 45.5 Å². The van der Waals surface area contributed by atoms with Crippen LogP contribution in [0.3, 0.4) is 0 Å². The Morgan fingerprint density at radius 3 is 2.79 bits per heavy atom. The Kier molecular flexibility index (Phi) is 3.93.